The molecule has 1 heterocycles. The normalized spacial score (nSPS) is 13.0. The number of carbonyl (C=O) groups excluding carboxylic acids is 2. The number of amides is 2. The van der Waals surface area contributed by atoms with E-state index in [9.17, 15) is 14.7 Å². The first-order valence-electron chi connectivity index (χ1n) is 6.15. The number of para-hydroxylation sites is 1. The maximum absolute atomic E-state index is 11.6. The number of anilines is 1. The summed E-state index contributed by atoms with van der Waals surface area (Å²) in [6.45, 7) is 0.432. The van der Waals surface area contributed by atoms with Gasteiger partial charge in [-0.15, -0.1) is 0 Å². The van der Waals surface area contributed by atoms with E-state index in [1.807, 2.05) is 12.1 Å². The van der Waals surface area contributed by atoms with Gasteiger partial charge in [-0.2, -0.15) is 0 Å². The van der Waals surface area contributed by atoms with Gasteiger partial charge in [0.15, 0.2) is 0 Å². The SMILES string of the molecule is O=C1NC(=O)c2cc(NCc3ccccc3O)ccc21. The highest BCUT2D eigenvalue weighted by Gasteiger charge is 2.26. The molecule has 1 aliphatic heterocycles. The Bertz CT molecular complexity index is 710. The predicted octanol–water partition coefficient (Wildman–Crippen LogP) is 1.89. The summed E-state index contributed by atoms with van der Waals surface area (Å²) in [6.07, 6.45) is 0. The smallest absolute Gasteiger partial charge is 0.259 e. The van der Waals surface area contributed by atoms with Crippen LogP contribution >= 0.6 is 0 Å². The number of phenols is 1. The zero-order valence-electron chi connectivity index (χ0n) is 10.5. The average Bonchev–Trinajstić information content (AvgIpc) is 2.73. The lowest BCUT2D eigenvalue weighted by molar-refractivity contribution is 0.0879. The standard InChI is InChI=1S/C15H12N2O3/c18-13-4-2-1-3-9(13)8-16-10-5-6-11-12(7-10)15(20)17-14(11)19/h1-7,16,18H,8H2,(H,17,19,20). The number of rotatable bonds is 3. The molecule has 0 unspecified atom stereocenters. The van der Waals surface area contributed by atoms with E-state index < -0.39 is 0 Å². The second-order valence-electron chi connectivity index (χ2n) is 4.53. The van der Waals surface area contributed by atoms with Crippen LogP contribution in [0.4, 0.5) is 5.69 Å². The Kier molecular flexibility index (Phi) is 2.87. The number of aromatic hydroxyl groups is 1. The van der Waals surface area contributed by atoms with Crippen LogP contribution in [0.3, 0.4) is 0 Å². The molecular weight excluding hydrogens is 256 g/mol. The number of fused-ring (bicyclic) bond motifs is 1. The first-order valence-corrected chi connectivity index (χ1v) is 6.15. The summed E-state index contributed by atoms with van der Waals surface area (Å²) in [5, 5.41) is 15.0. The molecule has 2 aromatic rings. The maximum Gasteiger partial charge on any atom is 0.259 e. The van der Waals surface area contributed by atoms with Gasteiger partial charge in [0.1, 0.15) is 5.75 Å². The molecule has 100 valence electrons. The number of hydrogen-bond donors (Lipinski definition) is 3. The van der Waals surface area contributed by atoms with Crippen molar-refractivity contribution in [2.75, 3.05) is 5.32 Å². The van der Waals surface area contributed by atoms with Crippen molar-refractivity contribution in [3.05, 3.63) is 59.2 Å². The maximum atomic E-state index is 11.6. The minimum absolute atomic E-state index is 0.217. The van der Waals surface area contributed by atoms with Gasteiger partial charge in [0.2, 0.25) is 0 Å². The highest BCUT2D eigenvalue weighted by molar-refractivity contribution is 6.21. The largest absolute Gasteiger partial charge is 0.508 e. The monoisotopic (exact) mass is 268 g/mol. The quantitative estimate of drug-likeness (QED) is 0.743. The number of nitrogens with one attached hydrogen (secondary N) is 2. The molecule has 5 nitrogen and oxygen atoms in total. The molecule has 2 amide bonds. The Labute approximate surface area is 115 Å². The molecule has 0 fully saturated rings. The Morgan fingerprint density at radius 3 is 2.55 bits per heavy atom. The van der Waals surface area contributed by atoms with Crippen molar-refractivity contribution in [3.8, 4) is 5.75 Å². The predicted molar refractivity (Wildman–Crippen MR) is 73.7 cm³/mol. The van der Waals surface area contributed by atoms with Gasteiger partial charge in [-0.25, -0.2) is 0 Å². The summed E-state index contributed by atoms with van der Waals surface area (Å²) in [7, 11) is 0. The third-order valence-corrected chi connectivity index (χ3v) is 3.21. The van der Waals surface area contributed by atoms with Crippen molar-refractivity contribution < 1.29 is 14.7 Å². The van der Waals surface area contributed by atoms with Crippen LogP contribution in [-0.2, 0) is 6.54 Å². The summed E-state index contributed by atoms with van der Waals surface area (Å²) in [6, 6.07) is 12.0. The summed E-state index contributed by atoms with van der Waals surface area (Å²) >= 11 is 0. The average molecular weight is 268 g/mol. The second-order valence-corrected chi connectivity index (χ2v) is 4.53. The summed E-state index contributed by atoms with van der Waals surface area (Å²) in [5.41, 5.74) is 2.24. The van der Waals surface area contributed by atoms with E-state index in [4.69, 9.17) is 0 Å². The van der Waals surface area contributed by atoms with E-state index in [0.717, 1.165) is 11.3 Å². The number of benzene rings is 2. The molecule has 0 aromatic heterocycles. The van der Waals surface area contributed by atoms with Crippen LogP contribution in [0.2, 0.25) is 0 Å². The zero-order chi connectivity index (χ0) is 14.1. The molecule has 3 N–H and O–H groups in total. The van der Waals surface area contributed by atoms with Crippen molar-refractivity contribution >= 4 is 17.5 Å². The van der Waals surface area contributed by atoms with Gasteiger partial charge >= 0.3 is 0 Å². The molecule has 0 atom stereocenters. The molecule has 0 aliphatic carbocycles. The van der Waals surface area contributed by atoms with E-state index in [1.165, 1.54) is 0 Å². The number of imide groups is 1. The molecule has 5 heteroatoms. The molecular formula is C15H12N2O3. The van der Waals surface area contributed by atoms with E-state index in [1.54, 1.807) is 30.3 Å². The van der Waals surface area contributed by atoms with Gasteiger partial charge in [-0.05, 0) is 24.3 Å². The number of carbonyl (C=O) groups is 2. The highest BCUT2D eigenvalue weighted by Crippen LogP contribution is 2.22. The fraction of sp³-hybridized carbons (Fsp3) is 0.0667. The topological polar surface area (TPSA) is 78.4 Å². The summed E-state index contributed by atoms with van der Waals surface area (Å²) in [4.78, 5) is 23.0. The molecule has 0 saturated carbocycles. The lowest BCUT2D eigenvalue weighted by Crippen LogP contribution is -2.19. The Hall–Kier alpha value is -2.82. The molecule has 1 aliphatic rings. The third kappa shape index (κ3) is 2.09. The number of phenolic OH excluding ortho intramolecular Hbond substituents is 1. The first kappa shape index (κ1) is 12.2. The fourth-order valence-corrected chi connectivity index (χ4v) is 2.14. The third-order valence-electron chi connectivity index (χ3n) is 3.21. The van der Waals surface area contributed by atoms with Gasteiger partial charge in [0.25, 0.3) is 11.8 Å². The zero-order valence-corrected chi connectivity index (χ0v) is 10.5. The van der Waals surface area contributed by atoms with Crippen LogP contribution < -0.4 is 10.6 Å². The van der Waals surface area contributed by atoms with Gasteiger partial charge in [-0.1, -0.05) is 18.2 Å². The Morgan fingerprint density at radius 1 is 1.00 bits per heavy atom. The molecule has 0 spiro atoms. The highest BCUT2D eigenvalue weighted by atomic mass is 16.3. The van der Waals surface area contributed by atoms with Crippen LogP contribution in [0.1, 0.15) is 26.3 Å². The van der Waals surface area contributed by atoms with Gasteiger partial charge in [0, 0.05) is 17.8 Å². The van der Waals surface area contributed by atoms with Gasteiger partial charge < -0.3 is 10.4 Å². The van der Waals surface area contributed by atoms with Crippen molar-refractivity contribution in [2.45, 2.75) is 6.54 Å². The van der Waals surface area contributed by atoms with Crippen molar-refractivity contribution in [1.82, 2.24) is 5.32 Å². The van der Waals surface area contributed by atoms with Gasteiger partial charge in [0.05, 0.1) is 11.1 Å². The van der Waals surface area contributed by atoms with E-state index in [2.05, 4.69) is 10.6 Å². The van der Waals surface area contributed by atoms with Crippen molar-refractivity contribution in [2.24, 2.45) is 0 Å². The molecule has 20 heavy (non-hydrogen) atoms. The van der Waals surface area contributed by atoms with E-state index in [-0.39, 0.29) is 17.6 Å². The molecule has 0 bridgehead atoms. The van der Waals surface area contributed by atoms with E-state index >= 15 is 0 Å². The van der Waals surface area contributed by atoms with E-state index in [0.29, 0.717) is 17.7 Å². The van der Waals surface area contributed by atoms with Crippen LogP contribution in [0, 0.1) is 0 Å². The van der Waals surface area contributed by atoms with Crippen LogP contribution in [0.15, 0.2) is 42.5 Å². The van der Waals surface area contributed by atoms with Crippen molar-refractivity contribution in [1.29, 1.82) is 0 Å². The van der Waals surface area contributed by atoms with Crippen LogP contribution in [0.5, 0.6) is 5.75 Å². The lowest BCUT2D eigenvalue weighted by Gasteiger charge is -2.08. The lowest BCUT2D eigenvalue weighted by atomic mass is 10.1. The summed E-state index contributed by atoms with van der Waals surface area (Å²) in [5.74, 6) is -0.525. The molecule has 2 aromatic carbocycles. The molecule has 0 saturated heterocycles. The minimum Gasteiger partial charge on any atom is -0.508 e. The minimum atomic E-state index is -0.379. The van der Waals surface area contributed by atoms with Gasteiger partial charge in [-0.3, -0.25) is 14.9 Å². The first-order chi connectivity index (χ1) is 9.65. The second kappa shape index (κ2) is 4.70. The van der Waals surface area contributed by atoms with Crippen LogP contribution in [-0.4, -0.2) is 16.9 Å². The molecule has 0 radical (unpaired) electrons. The molecule has 3 rings (SSSR count). The Morgan fingerprint density at radius 2 is 1.75 bits per heavy atom. The fourth-order valence-electron chi connectivity index (χ4n) is 2.14. The van der Waals surface area contributed by atoms with Crippen LogP contribution in [0.25, 0.3) is 0 Å². The Balaban J connectivity index is 1.80. The van der Waals surface area contributed by atoms with Crippen molar-refractivity contribution in [3.63, 3.8) is 0 Å². The number of hydrogen-bond acceptors (Lipinski definition) is 4. The summed E-state index contributed by atoms with van der Waals surface area (Å²) < 4.78 is 0.